The third-order valence-corrected chi connectivity index (χ3v) is 3.53. The minimum atomic E-state index is -4.37. The first-order valence-corrected chi connectivity index (χ1v) is 7.10. The largest absolute Gasteiger partial charge is 0.406 e. The number of rotatable bonds is 5. The lowest BCUT2D eigenvalue weighted by Gasteiger charge is -2.26. The van der Waals surface area contributed by atoms with Gasteiger partial charge < -0.3 is 10.2 Å². The summed E-state index contributed by atoms with van der Waals surface area (Å²) < 4.78 is 37.9. The Labute approximate surface area is 122 Å². The molecule has 0 aromatic heterocycles. The summed E-state index contributed by atoms with van der Waals surface area (Å²) in [5.41, 5.74) is 1.80. The van der Waals surface area contributed by atoms with Gasteiger partial charge in [-0.1, -0.05) is 31.5 Å². The van der Waals surface area contributed by atoms with Gasteiger partial charge in [-0.15, -0.1) is 0 Å². The molecule has 0 aliphatic carbocycles. The van der Waals surface area contributed by atoms with E-state index < -0.39 is 24.7 Å². The van der Waals surface area contributed by atoms with Crippen molar-refractivity contribution in [1.82, 2.24) is 4.90 Å². The van der Waals surface area contributed by atoms with Gasteiger partial charge in [0, 0.05) is 18.7 Å². The van der Waals surface area contributed by atoms with Gasteiger partial charge in [-0.25, -0.2) is 0 Å². The van der Waals surface area contributed by atoms with Crippen molar-refractivity contribution in [3.05, 3.63) is 29.8 Å². The van der Waals surface area contributed by atoms with Crippen molar-refractivity contribution in [3.63, 3.8) is 0 Å². The Hall–Kier alpha value is -1.72. The smallest absolute Gasteiger partial charge is 0.373 e. The summed E-state index contributed by atoms with van der Waals surface area (Å²) in [7, 11) is 0. The molecule has 1 aliphatic heterocycles. The average Bonchev–Trinajstić information content (AvgIpc) is 2.85. The molecule has 1 N–H and O–H groups in total. The van der Waals surface area contributed by atoms with Crippen molar-refractivity contribution in [2.75, 3.05) is 18.4 Å². The molecule has 0 unspecified atom stereocenters. The predicted molar refractivity (Wildman–Crippen MR) is 75.1 cm³/mol. The van der Waals surface area contributed by atoms with Gasteiger partial charge in [-0.3, -0.25) is 4.79 Å². The summed E-state index contributed by atoms with van der Waals surface area (Å²) in [6.45, 7) is 0.851. The molecule has 116 valence electrons. The summed E-state index contributed by atoms with van der Waals surface area (Å²) in [4.78, 5) is 13.3. The van der Waals surface area contributed by atoms with Crippen molar-refractivity contribution in [2.24, 2.45) is 0 Å². The maximum absolute atomic E-state index is 12.6. The van der Waals surface area contributed by atoms with Crippen LogP contribution in [0.3, 0.4) is 0 Å². The SMILES string of the molecule is CCCCN(CC(F)(F)F)C(=O)[C@@H]1Cc2ccccc2N1. The zero-order chi connectivity index (χ0) is 15.5. The van der Waals surface area contributed by atoms with Gasteiger partial charge in [0.1, 0.15) is 12.6 Å². The molecule has 0 spiro atoms. The van der Waals surface area contributed by atoms with Crippen LogP contribution in [-0.4, -0.2) is 36.1 Å². The summed E-state index contributed by atoms with van der Waals surface area (Å²) in [6.07, 6.45) is -2.61. The van der Waals surface area contributed by atoms with Gasteiger partial charge in [0.2, 0.25) is 5.91 Å². The number of hydrogen-bond donors (Lipinski definition) is 1. The Morgan fingerprint density at radius 3 is 2.71 bits per heavy atom. The number of para-hydroxylation sites is 1. The second-order valence-electron chi connectivity index (χ2n) is 5.29. The first-order chi connectivity index (χ1) is 9.90. The van der Waals surface area contributed by atoms with Crippen LogP contribution in [0, 0.1) is 0 Å². The van der Waals surface area contributed by atoms with Crippen LogP contribution in [0.15, 0.2) is 24.3 Å². The molecule has 1 heterocycles. The quantitative estimate of drug-likeness (QED) is 0.905. The maximum atomic E-state index is 12.6. The Morgan fingerprint density at radius 2 is 2.10 bits per heavy atom. The van der Waals surface area contributed by atoms with Crippen LogP contribution in [0.4, 0.5) is 18.9 Å². The molecule has 2 rings (SSSR count). The summed E-state index contributed by atoms with van der Waals surface area (Å²) in [5.74, 6) is -0.475. The van der Waals surface area contributed by atoms with E-state index in [1.807, 2.05) is 31.2 Å². The Balaban J connectivity index is 2.05. The molecule has 1 aromatic rings. The standard InChI is InChI=1S/C15H19F3N2O/c1-2-3-8-20(10-15(16,17)18)14(21)13-9-11-6-4-5-7-12(11)19-13/h4-7,13,19H,2-3,8-10H2,1H3/t13-/m0/s1. The molecule has 21 heavy (non-hydrogen) atoms. The molecular formula is C15H19F3N2O. The van der Waals surface area contributed by atoms with Crippen LogP contribution in [0.25, 0.3) is 0 Å². The Kier molecular flexibility index (Phi) is 4.75. The van der Waals surface area contributed by atoms with E-state index in [0.717, 1.165) is 22.6 Å². The van der Waals surface area contributed by atoms with Crippen LogP contribution in [0.5, 0.6) is 0 Å². The van der Waals surface area contributed by atoms with Crippen molar-refractivity contribution >= 4 is 11.6 Å². The fourth-order valence-corrected chi connectivity index (χ4v) is 2.50. The van der Waals surface area contributed by atoms with E-state index in [1.165, 1.54) is 0 Å². The Bertz CT molecular complexity index is 477. The van der Waals surface area contributed by atoms with Gasteiger partial charge >= 0.3 is 6.18 Å². The van der Waals surface area contributed by atoms with E-state index in [2.05, 4.69) is 5.32 Å². The van der Waals surface area contributed by atoms with Gasteiger partial charge in [-0.05, 0) is 18.1 Å². The molecule has 1 atom stereocenters. The van der Waals surface area contributed by atoms with Crippen molar-refractivity contribution in [1.29, 1.82) is 0 Å². The number of carbonyl (C=O) groups excluding carboxylic acids is 1. The van der Waals surface area contributed by atoms with Crippen LogP contribution < -0.4 is 5.32 Å². The number of hydrogen-bond acceptors (Lipinski definition) is 2. The topological polar surface area (TPSA) is 32.3 Å². The number of benzene rings is 1. The number of anilines is 1. The van der Waals surface area contributed by atoms with Gasteiger partial charge in [0.25, 0.3) is 0 Å². The van der Waals surface area contributed by atoms with E-state index in [0.29, 0.717) is 12.8 Å². The lowest BCUT2D eigenvalue weighted by molar-refractivity contribution is -0.161. The summed E-state index contributed by atoms with van der Waals surface area (Å²) in [6, 6.07) is 6.82. The molecule has 3 nitrogen and oxygen atoms in total. The number of nitrogens with zero attached hydrogens (tertiary/aromatic N) is 1. The zero-order valence-electron chi connectivity index (χ0n) is 11.9. The van der Waals surface area contributed by atoms with Crippen molar-refractivity contribution in [2.45, 2.75) is 38.4 Å². The van der Waals surface area contributed by atoms with Crippen LogP contribution in [0.2, 0.25) is 0 Å². The second kappa shape index (κ2) is 6.37. The van der Waals surface area contributed by atoms with E-state index in [9.17, 15) is 18.0 Å². The molecule has 1 aromatic carbocycles. The fraction of sp³-hybridized carbons (Fsp3) is 0.533. The van der Waals surface area contributed by atoms with E-state index in [-0.39, 0.29) is 6.54 Å². The lowest BCUT2D eigenvalue weighted by atomic mass is 10.1. The molecule has 0 saturated heterocycles. The Morgan fingerprint density at radius 1 is 1.38 bits per heavy atom. The number of nitrogens with one attached hydrogen (secondary N) is 1. The van der Waals surface area contributed by atoms with Crippen LogP contribution in [-0.2, 0) is 11.2 Å². The maximum Gasteiger partial charge on any atom is 0.406 e. The molecule has 1 amide bonds. The second-order valence-corrected chi connectivity index (χ2v) is 5.29. The number of halogens is 3. The highest BCUT2D eigenvalue weighted by molar-refractivity contribution is 5.87. The van der Waals surface area contributed by atoms with Gasteiger partial charge in [0.15, 0.2) is 0 Å². The number of alkyl halides is 3. The predicted octanol–water partition coefficient (Wildman–Crippen LogP) is 3.21. The third-order valence-electron chi connectivity index (χ3n) is 3.53. The van der Waals surface area contributed by atoms with Gasteiger partial charge in [0.05, 0.1) is 0 Å². The first kappa shape index (κ1) is 15.7. The zero-order valence-corrected chi connectivity index (χ0v) is 11.9. The van der Waals surface area contributed by atoms with Crippen LogP contribution >= 0.6 is 0 Å². The lowest BCUT2D eigenvalue weighted by Crippen LogP contribution is -2.46. The number of carbonyl (C=O) groups is 1. The number of fused-ring (bicyclic) bond motifs is 1. The molecule has 6 heteroatoms. The third kappa shape index (κ3) is 4.12. The molecular weight excluding hydrogens is 281 g/mol. The van der Waals surface area contributed by atoms with E-state index in [1.54, 1.807) is 0 Å². The van der Waals surface area contributed by atoms with E-state index >= 15 is 0 Å². The minimum Gasteiger partial charge on any atom is -0.373 e. The summed E-state index contributed by atoms with van der Waals surface area (Å²) >= 11 is 0. The van der Waals surface area contributed by atoms with Crippen molar-refractivity contribution in [3.8, 4) is 0 Å². The number of unbranched alkanes of at least 4 members (excludes halogenated alkanes) is 1. The van der Waals surface area contributed by atoms with E-state index in [4.69, 9.17) is 0 Å². The summed E-state index contributed by atoms with van der Waals surface area (Å²) in [5, 5.41) is 3.02. The fourth-order valence-electron chi connectivity index (χ4n) is 2.50. The normalized spacial score (nSPS) is 17.2. The molecule has 0 fully saturated rings. The highest BCUT2D eigenvalue weighted by Crippen LogP contribution is 2.27. The average molecular weight is 300 g/mol. The first-order valence-electron chi connectivity index (χ1n) is 7.10. The minimum absolute atomic E-state index is 0.142. The molecule has 0 radical (unpaired) electrons. The molecule has 0 saturated carbocycles. The molecule has 1 aliphatic rings. The van der Waals surface area contributed by atoms with Crippen LogP contribution in [0.1, 0.15) is 25.3 Å². The highest BCUT2D eigenvalue weighted by atomic mass is 19.4. The number of amides is 1. The monoisotopic (exact) mass is 300 g/mol. The van der Waals surface area contributed by atoms with Gasteiger partial charge in [-0.2, -0.15) is 13.2 Å². The van der Waals surface area contributed by atoms with Crippen molar-refractivity contribution < 1.29 is 18.0 Å². The highest BCUT2D eigenvalue weighted by Gasteiger charge is 2.36. The molecule has 0 bridgehead atoms.